The first-order valence-electron chi connectivity index (χ1n) is 3.82. The number of rotatable bonds is 3. The van der Waals surface area contributed by atoms with Crippen LogP contribution in [-0.2, 0) is 18.0 Å². The molecular weight excluding hydrogens is 154 g/mol. The fourth-order valence-electron chi connectivity index (χ4n) is 1.16. The highest BCUT2D eigenvalue weighted by atomic mass is 16.5. The quantitative estimate of drug-likeness (QED) is 0.731. The number of methoxy groups -OCH3 is 1. The normalized spacial score (nSPS) is 10.2. The minimum Gasteiger partial charge on any atom is -0.392 e. The molecule has 0 saturated carbocycles. The lowest BCUT2D eigenvalue weighted by atomic mass is 10.1. The van der Waals surface area contributed by atoms with Crippen LogP contribution in [0.5, 0.6) is 0 Å². The van der Waals surface area contributed by atoms with Gasteiger partial charge < -0.3 is 9.84 Å². The smallest absolute Gasteiger partial charge is 0.0717 e. The van der Waals surface area contributed by atoms with E-state index in [9.17, 15) is 0 Å². The lowest BCUT2D eigenvalue weighted by Gasteiger charge is -2.07. The van der Waals surface area contributed by atoms with Crippen molar-refractivity contribution in [1.29, 1.82) is 0 Å². The molecule has 0 amide bonds. The predicted molar refractivity (Wildman–Crippen MR) is 45.6 cm³/mol. The average Bonchev–Trinajstić information content (AvgIpc) is 2.05. The molecule has 1 N–H and O–H groups in total. The Morgan fingerprint density at radius 3 is 2.92 bits per heavy atom. The van der Waals surface area contributed by atoms with Gasteiger partial charge in [-0.25, -0.2) is 0 Å². The topological polar surface area (TPSA) is 42.4 Å². The molecule has 66 valence electrons. The van der Waals surface area contributed by atoms with E-state index in [4.69, 9.17) is 9.84 Å². The second-order valence-corrected chi connectivity index (χ2v) is 2.63. The van der Waals surface area contributed by atoms with E-state index in [-0.39, 0.29) is 6.61 Å². The van der Waals surface area contributed by atoms with Gasteiger partial charge in [0.2, 0.25) is 0 Å². The zero-order valence-corrected chi connectivity index (χ0v) is 7.37. The number of nitrogens with zero attached hydrogens (tertiary/aromatic N) is 1. The lowest BCUT2D eigenvalue weighted by molar-refractivity contribution is 0.181. The summed E-state index contributed by atoms with van der Waals surface area (Å²) in [7, 11) is 1.64. The molecule has 0 fully saturated rings. The molecule has 0 aliphatic carbocycles. The number of aliphatic hydroxyl groups is 1. The Morgan fingerprint density at radius 1 is 1.58 bits per heavy atom. The molecule has 0 aliphatic rings. The van der Waals surface area contributed by atoms with Gasteiger partial charge in [-0.3, -0.25) is 4.98 Å². The van der Waals surface area contributed by atoms with Gasteiger partial charge >= 0.3 is 0 Å². The van der Waals surface area contributed by atoms with Crippen LogP contribution in [0.2, 0.25) is 0 Å². The fraction of sp³-hybridized carbons (Fsp3) is 0.444. The van der Waals surface area contributed by atoms with Crippen LogP contribution in [0.15, 0.2) is 12.3 Å². The molecule has 0 bridgehead atoms. The van der Waals surface area contributed by atoms with Gasteiger partial charge in [0.15, 0.2) is 0 Å². The van der Waals surface area contributed by atoms with Crippen molar-refractivity contribution in [3.8, 4) is 0 Å². The second-order valence-electron chi connectivity index (χ2n) is 2.63. The first-order chi connectivity index (χ1) is 5.79. The summed E-state index contributed by atoms with van der Waals surface area (Å²) < 4.78 is 4.99. The average molecular weight is 167 g/mol. The number of aromatic nitrogens is 1. The minimum atomic E-state index is 0.0262. The molecule has 1 heterocycles. The SMILES string of the molecule is COCc1ccnc(C)c1CO. The number of ether oxygens (including phenoxy) is 1. The fourth-order valence-corrected chi connectivity index (χ4v) is 1.16. The molecule has 3 heteroatoms. The number of hydrogen-bond donors (Lipinski definition) is 1. The van der Waals surface area contributed by atoms with Crippen LogP contribution in [0.25, 0.3) is 0 Å². The van der Waals surface area contributed by atoms with Crippen molar-refractivity contribution in [3.05, 3.63) is 29.1 Å². The Hall–Kier alpha value is -0.930. The van der Waals surface area contributed by atoms with Gasteiger partial charge in [-0.15, -0.1) is 0 Å². The van der Waals surface area contributed by atoms with Crippen LogP contribution in [0.3, 0.4) is 0 Å². The number of pyridine rings is 1. The number of aliphatic hydroxyl groups excluding tert-OH is 1. The Balaban J connectivity index is 3.00. The van der Waals surface area contributed by atoms with Crippen LogP contribution in [-0.4, -0.2) is 17.2 Å². The summed E-state index contributed by atoms with van der Waals surface area (Å²) >= 11 is 0. The summed E-state index contributed by atoms with van der Waals surface area (Å²) in [6.45, 7) is 2.43. The van der Waals surface area contributed by atoms with Crippen molar-refractivity contribution in [2.24, 2.45) is 0 Å². The lowest BCUT2D eigenvalue weighted by Crippen LogP contribution is -2.00. The van der Waals surface area contributed by atoms with Crippen LogP contribution in [0.4, 0.5) is 0 Å². The summed E-state index contributed by atoms with van der Waals surface area (Å²) in [5.74, 6) is 0. The van der Waals surface area contributed by atoms with E-state index in [0.29, 0.717) is 6.61 Å². The largest absolute Gasteiger partial charge is 0.392 e. The van der Waals surface area contributed by atoms with Crippen molar-refractivity contribution in [2.75, 3.05) is 7.11 Å². The van der Waals surface area contributed by atoms with Crippen LogP contribution < -0.4 is 0 Å². The molecule has 0 spiro atoms. The van der Waals surface area contributed by atoms with Crippen LogP contribution in [0.1, 0.15) is 16.8 Å². The summed E-state index contributed by atoms with van der Waals surface area (Å²) in [4.78, 5) is 4.08. The van der Waals surface area contributed by atoms with E-state index in [2.05, 4.69) is 4.98 Å². The summed E-state index contributed by atoms with van der Waals surface area (Å²) in [6, 6.07) is 1.86. The molecule has 0 saturated heterocycles. The van der Waals surface area contributed by atoms with E-state index >= 15 is 0 Å². The van der Waals surface area contributed by atoms with E-state index in [1.807, 2.05) is 13.0 Å². The Kier molecular flexibility index (Phi) is 3.19. The van der Waals surface area contributed by atoms with Crippen molar-refractivity contribution < 1.29 is 9.84 Å². The molecular formula is C9H13NO2. The molecule has 12 heavy (non-hydrogen) atoms. The summed E-state index contributed by atoms with van der Waals surface area (Å²) in [5, 5.41) is 9.03. The maximum absolute atomic E-state index is 9.03. The maximum Gasteiger partial charge on any atom is 0.0717 e. The van der Waals surface area contributed by atoms with Gasteiger partial charge in [-0.1, -0.05) is 0 Å². The highest BCUT2D eigenvalue weighted by Gasteiger charge is 2.03. The molecule has 0 radical (unpaired) electrons. The summed E-state index contributed by atoms with van der Waals surface area (Å²) in [6.07, 6.45) is 1.73. The van der Waals surface area contributed by atoms with E-state index in [0.717, 1.165) is 16.8 Å². The molecule has 1 rings (SSSR count). The first-order valence-corrected chi connectivity index (χ1v) is 3.82. The Labute approximate surface area is 72.0 Å². The molecule has 3 nitrogen and oxygen atoms in total. The van der Waals surface area contributed by atoms with Crippen molar-refractivity contribution >= 4 is 0 Å². The van der Waals surface area contributed by atoms with Gasteiger partial charge in [-0.2, -0.15) is 0 Å². The zero-order valence-electron chi connectivity index (χ0n) is 7.37. The number of hydrogen-bond acceptors (Lipinski definition) is 3. The van der Waals surface area contributed by atoms with Gasteiger partial charge in [0.05, 0.1) is 13.2 Å². The van der Waals surface area contributed by atoms with Crippen molar-refractivity contribution in [2.45, 2.75) is 20.1 Å². The third kappa shape index (κ3) is 1.81. The van der Waals surface area contributed by atoms with E-state index < -0.39 is 0 Å². The van der Waals surface area contributed by atoms with Gasteiger partial charge in [0, 0.05) is 24.6 Å². The first kappa shape index (κ1) is 9.16. The minimum absolute atomic E-state index is 0.0262. The second kappa shape index (κ2) is 4.18. The number of aryl methyl sites for hydroxylation is 1. The van der Waals surface area contributed by atoms with E-state index in [1.54, 1.807) is 13.3 Å². The third-order valence-electron chi connectivity index (χ3n) is 1.83. The molecule has 0 unspecified atom stereocenters. The highest BCUT2D eigenvalue weighted by molar-refractivity contribution is 5.27. The van der Waals surface area contributed by atoms with Gasteiger partial charge in [0.1, 0.15) is 0 Å². The molecule has 0 aliphatic heterocycles. The van der Waals surface area contributed by atoms with Crippen LogP contribution in [0, 0.1) is 6.92 Å². The highest BCUT2D eigenvalue weighted by Crippen LogP contribution is 2.12. The molecule has 1 aromatic heterocycles. The van der Waals surface area contributed by atoms with Gasteiger partial charge in [-0.05, 0) is 18.6 Å². The van der Waals surface area contributed by atoms with Gasteiger partial charge in [0.25, 0.3) is 0 Å². The zero-order chi connectivity index (χ0) is 8.97. The standard InChI is InChI=1S/C9H13NO2/c1-7-9(5-11)8(6-12-2)3-4-10-7/h3-4,11H,5-6H2,1-2H3. The van der Waals surface area contributed by atoms with Crippen molar-refractivity contribution in [1.82, 2.24) is 4.98 Å². The third-order valence-corrected chi connectivity index (χ3v) is 1.83. The van der Waals surface area contributed by atoms with Crippen LogP contribution >= 0.6 is 0 Å². The van der Waals surface area contributed by atoms with E-state index in [1.165, 1.54) is 0 Å². The van der Waals surface area contributed by atoms with Crippen molar-refractivity contribution in [3.63, 3.8) is 0 Å². The monoisotopic (exact) mass is 167 g/mol. The Bertz CT molecular complexity index is 261. The Morgan fingerprint density at radius 2 is 2.33 bits per heavy atom. The summed E-state index contributed by atoms with van der Waals surface area (Å²) in [5.41, 5.74) is 2.75. The predicted octanol–water partition coefficient (Wildman–Crippen LogP) is 1.03. The molecule has 0 aromatic carbocycles. The molecule has 0 atom stereocenters. The maximum atomic E-state index is 9.03. The molecule has 1 aromatic rings.